The molecule has 4 rings (SSSR count). The number of carbonyl (C=O) groups is 1. The number of carbonyl (C=O) groups excluding carboxylic acids is 1. The highest BCUT2D eigenvalue weighted by Crippen LogP contribution is 2.39. The van der Waals surface area contributed by atoms with Gasteiger partial charge in [0.1, 0.15) is 0 Å². The Balaban J connectivity index is 1.48. The van der Waals surface area contributed by atoms with Crippen molar-refractivity contribution in [1.82, 2.24) is 19.6 Å². The summed E-state index contributed by atoms with van der Waals surface area (Å²) in [5.41, 5.74) is 3.45. The number of benzene rings is 1. The number of nitrogens with one attached hydrogen (secondary N) is 1. The van der Waals surface area contributed by atoms with Gasteiger partial charge < -0.3 is 5.32 Å². The third kappa shape index (κ3) is 3.79. The molecule has 0 radical (unpaired) electrons. The maximum absolute atomic E-state index is 12.8. The fourth-order valence-electron chi connectivity index (χ4n) is 3.48. The summed E-state index contributed by atoms with van der Waals surface area (Å²) in [6, 6.07) is 10.5. The molecule has 1 saturated carbocycles. The highest BCUT2D eigenvalue weighted by Gasteiger charge is 2.29. The van der Waals surface area contributed by atoms with Crippen molar-refractivity contribution < 1.29 is 4.79 Å². The second kappa shape index (κ2) is 7.39. The second-order valence-electron chi connectivity index (χ2n) is 7.24. The van der Waals surface area contributed by atoms with E-state index >= 15 is 0 Å². The van der Waals surface area contributed by atoms with Crippen LogP contribution in [0, 0.1) is 5.92 Å². The van der Waals surface area contributed by atoms with Crippen LogP contribution in [0.25, 0.3) is 0 Å². The van der Waals surface area contributed by atoms with Crippen LogP contribution in [0.4, 0.5) is 5.69 Å². The first-order valence-electron chi connectivity index (χ1n) is 9.59. The van der Waals surface area contributed by atoms with Crippen molar-refractivity contribution in [1.29, 1.82) is 0 Å². The van der Waals surface area contributed by atoms with Crippen LogP contribution in [0.15, 0.2) is 48.9 Å². The summed E-state index contributed by atoms with van der Waals surface area (Å²) in [6.07, 6.45) is 8.58. The van der Waals surface area contributed by atoms with E-state index in [1.165, 1.54) is 12.8 Å². The van der Waals surface area contributed by atoms with E-state index in [9.17, 15) is 4.79 Å². The zero-order valence-electron chi connectivity index (χ0n) is 15.8. The quantitative estimate of drug-likeness (QED) is 0.692. The van der Waals surface area contributed by atoms with E-state index in [0.29, 0.717) is 18.2 Å². The van der Waals surface area contributed by atoms with E-state index in [2.05, 4.69) is 34.6 Å². The van der Waals surface area contributed by atoms with Gasteiger partial charge in [-0.2, -0.15) is 10.2 Å². The Morgan fingerprint density at radius 2 is 2.00 bits per heavy atom. The molecule has 2 aromatic heterocycles. The molecule has 1 N–H and O–H groups in total. The maximum atomic E-state index is 12.8. The topological polar surface area (TPSA) is 64.7 Å². The lowest BCUT2D eigenvalue weighted by Gasteiger charge is -2.10. The number of amides is 1. The van der Waals surface area contributed by atoms with Crippen molar-refractivity contribution in [2.45, 2.75) is 45.7 Å². The molecule has 1 aromatic carbocycles. The minimum atomic E-state index is -0.134. The molecule has 27 heavy (non-hydrogen) atoms. The van der Waals surface area contributed by atoms with Crippen LogP contribution in [0.5, 0.6) is 0 Å². The molecule has 0 saturated heterocycles. The predicted octanol–water partition coefficient (Wildman–Crippen LogP) is 3.91. The largest absolute Gasteiger partial charge is 0.319 e. The maximum Gasteiger partial charge on any atom is 0.259 e. The summed E-state index contributed by atoms with van der Waals surface area (Å²) < 4.78 is 3.86. The molecule has 0 spiro atoms. The molecule has 0 bridgehead atoms. The standard InChI is InChI=1S/C21H25N5O/c1-3-20-19(12-23-26(20)13-16-7-5-4-6-8-16)21(27)24-18-11-22-25(14-18)15(2)17-9-10-17/h4-8,11-12,14-15,17H,3,9-10,13H2,1-2H3,(H,24,27). The van der Waals surface area contributed by atoms with Gasteiger partial charge in [-0.1, -0.05) is 37.3 Å². The summed E-state index contributed by atoms with van der Waals surface area (Å²) in [4.78, 5) is 12.8. The average Bonchev–Trinajstić information content (AvgIpc) is 3.30. The van der Waals surface area contributed by atoms with Crippen molar-refractivity contribution >= 4 is 11.6 Å². The molecular formula is C21H25N5O. The first-order chi connectivity index (χ1) is 13.2. The number of hydrogen-bond donors (Lipinski definition) is 1. The van der Waals surface area contributed by atoms with Gasteiger partial charge in [0.2, 0.25) is 0 Å². The molecule has 1 unspecified atom stereocenters. The van der Waals surface area contributed by atoms with Gasteiger partial charge in [-0.05, 0) is 37.7 Å². The summed E-state index contributed by atoms with van der Waals surface area (Å²) in [5.74, 6) is 0.584. The van der Waals surface area contributed by atoms with Crippen LogP contribution in [-0.2, 0) is 13.0 Å². The Morgan fingerprint density at radius 1 is 1.22 bits per heavy atom. The molecule has 1 aliphatic rings. The molecule has 6 nitrogen and oxygen atoms in total. The van der Waals surface area contributed by atoms with Gasteiger partial charge in [0.25, 0.3) is 5.91 Å². The number of rotatable bonds is 7. The summed E-state index contributed by atoms with van der Waals surface area (Å²) in [7, 11) is 0. The van der Waals surface area contributed by atoms with Gasteiger partial charge in [-0.15, -0.1) is 0 Å². The molecule has 6 heteroatoms. The molecule has 1 aliphatic carbocycles. The Morgan fingerprint density at radius 3 is 2.70 bits per heavy atom. The first kappa shape index (κ1) is 17.5. The van der Waals surface area contributed by atoms with Crippen LogP contribution in [0.3, 0.4) is 0 Å². The molecule has 1 atom stereocenters. The van der Waals surface area contributed by atoms with E-state index in [1.807, 2.05) is 40.7 Å². The van der Waals surface area contributed by atoms with Gasteiger partial charge in [-0.25, -0.2) is 0 Å². The van der Waals surface area contributed by atoms with Crippen molar-refractivity contribution in [3.63, 3.8) is 0 Å². The average molecular weight is 363 g/mol. The highest BCUT2D eigenvalue weighted by atomic mass is 16.1. The van der Waals surface area contributed by atoms with Crippen LogP contribution in [-0.4, -0.2) is 25.5 Å². The summed E-state index contributed by atoms with van der Waals surface area (Å²) in [6.45, 7) is 4.89. The third-order valence-electron chi connectivity index (χ3n) is 5.28. The number of aromatic nitrogens is 4. The molecule has 3 aromatic rings. The fraction of sp³-hybridized carbons (Fsp3) is 0.381. The Labute approximate surface area is 159 Å². The highest BCUT2D eigenvalue weighted by molar-refractivity contribution is 6.04. The van der Waals surface area contributed by atoms with Gasteiger partial charge in [0.05, 0.1) is 41.9 Å². The minimum absolute atomic E-state index is 0.134. The molecule has 1 amide bonds. The van der Waals surface area contributed by atoms with Crippen LogP contribution in [0.2, 0.25) is 0 Å². The van der Waals surface area contributed by atoms with Gasteiger partial charge >= 0.3 is 0 Å². The lowest BCUT2D eigenvalue weighted by atomic mass is 10.1. The fourth-order valence-corrected chi connectivity index (χ4v) is 3.48. The van der Waals surface area contributed by atoms with Crippen LogP contribution >= 0.6 is 0 Å². The third-order valence-corrected chi connectivity index (χ3v) is 5.28. The Bertz CT molecular complexity index is 923. The second-order valence-corrected chi connectivity index (χ2v) is 7.24. The van der Waals surface area contributed by atoms with E-state index in [4.69, 9.17) is 0 Å². The van der Waals surface area contributed by atoms with E-state index in [0.717, 1.165) is 29.3 Å². The lowest BCUT2D eigenvalue weighted by Crippen LogP contribution is -2.15. The van der Waals surface area contributed by atoms with Crippen LogP contribution in [0.1, 0.15) is 54.3 Å². The molecule has 140 valence electrons. The number of anilines is 1. The summed E-state index contributed by atoms with van der Waals surface area (Å²) in [5, 5.41) is 11.8. The molecule has 0 aliphatic heterocycles. The molecule has 1 fully saturated rings. The van der Waals surface area contributed by atoms with Crippen molar-refractivity contribution in [3.05, 3.63) is 65.7 Å². The Hall–Kier alpha value is -2.89. The number of hydrogen-bond acceptors (Lipinski definition) is 3. The number of nitrogens with zero attached hydrogens (tertiary/aromatic N) is 4. The predicted molar refractivity (Wildman–Crippen MR) is 105 cm³/mol. The van der Waals surface area contributed by atoms with Crippen molar-refractivity contribution in [2.75, 3.05) is 5.32 Å². The van der Waals surface area contributed by atoms with Crippen LogP contribution < -0.4 is 5.32 Å². The summed E-state index contributed by atoms with van der Waals surface area (Å²) >= 11 is 0. The van der Waals surface area contributed by atoms with Crippen molar-refractivity contribution in [2.24, 2.45) is 5.92 Å². The normalized spacial score (nSPS) is 14.9. The zero-order chi connectivity index (χ0) is 18.8. The first-order valence-corrected chi connectivity index (χ1v) is 9.59. The minimum Gasteiger partial charge on any atom is -0.319 e. The SMILES string of the molecule is CCc1c(C(=O)Nc2cnn(C(C)C3CC3)c2)cnn1Cc1ccccc1. The van der Waals surface area contributed by atoms with E-state index in [1.54, 1.807) is 12.4 Å². The monoisotopic (exact) mass is 363 g/mol. The lowest BCUT2D eigenvalue weighted by molar-refractivity contribution is 0.102. The Kier molecular flexibility index (Phi) is 4.79. The molecule has 2 heterocycles. The van der Waals surface area contributed by atoms with Gasteiger partial charge in [-0.3, -0.25) is 14.2 Å². The zero-order valence-corrected chi connectivity index (χ0v) is 15.8. The van der Waals surface area contributed by atoms with Crippen molar-refractivity contribution in [3.8, 4) is 0 Å². The van der Waals surface area contributed by atoms with E-state index in [-0.39, 0.29) is 5.91 Å². The van der Waals surface area contributed by atoms with Gasteiger partial charge in [0, 0.05) is 6.20 Å². The van der Waals surface area contributed by atoms with E-state index < -0.39 is 0 Å². The smallest absolute Gasteiger partial charge is 0.259 e. The molecular weight excluding hydrogens is 338 g/mol. The van der Waals surface area contributed by atoms with Gasteiger partial charge in [0.15, 0.2) is 0 Å².